The highest BCUT2D eigenvalue weighted by atomic mass is 16.3. The molecule has 3 aromatic heterocycles. The van der Waals surface area contributed by atoms with E-state index in [2.05, 4.69) is 118 Å². The van der Waals surface area contributed by atoms with Crippen LogP contribution in [-0.4, -0.2) is 14.5 Å². The minimum Gasteiger partial charge on any atom is -0.456 e. The van der Waals surface area contributed by atoms with Crippen LogP contribution in [0.15, 0.2) is 181 Å². The van der Waals surface area contributed by atoms with E-state index in [1.54, 1.807) is 0 Å². The molecule has 10 rings (SSSR count). The zero-order valence-electron chi connectivity index (χ0n) is 26.9. The molecule has 234 valence electrons. The van der Waals surface area contributed by atoms with Crippen molar-refractivity contribution in [2.45, 2.75) is 0 Å². The average molecular weight is 642 g/mol. The number of hydrogen-bond acceptors (Lipinski definition) is 3. The van der Waals surface area contributed by atoms with Crippen LogP contribution in [0.3, 0.4) is 0 Å². The lowest BCUT2D eigenvalue weighted by Gasteiger charge is -2.09. The molecule has 50 heavy (non-hydrogen) atoms. The molecule has 0 aliphatic rings. The highest BCUT2D eigenvalue weighted by Gasteiger charge is 2.23. The van der Waals surface area contributed by atoms with Gasteiger partial charge in [0.05, 0.1) is 27.5 Å². The molecule has 5 nitrogen and oxygen atoms in total. The third kappa shape index (κ3) is 4.52. The molecular weight excluding hydrogens is 613 g/mol. The molecule has 5 heteroatoms. The fraction of sp³-hybridized carbons (Fsp3) is 0. The highest BCUT2D eigenvalue weighted by Crippen LogP contribution is 2.38. The number of furan rings is 1. The zero-order chi connectivity index (χ0) is 33.0. The zero-order valence-corrected chi connectivity index (χ0v) is 26.9. The van der Waals surface area contributed by atoms with Crippen LogP contribution in [0.1, 0.15) is 0 Å². The number of hydrogen-bond donors (Lipinski definition) is 0. The Kier molecular flexibility index (Phi) is 6.42. The molecule has 0 amide bonds. The van der Waals surface area contributed by atoms with E-state index in [0.29, 0.717) is 5.82 Å². The van der Waals surface area contributed by atoms with Crippen molar-refractivity contribution in [2.24, 2.45) is 0 Å². The quantitative estimate of drug-likeness (QED) is 0.176. The summed E-state index contributed by atoms with van der Waals surface area (Å²) in [4.78, 5) is 9.94. The summed E-state index contributed by atoms with van der Waals surface area (Å²) >= 11 is 0. The normalized spacial score (nSPS) is 11.6. The number of nitrogens with zero attached hydrogens (tertiary/aromatic N) is 4. The van der Waals surface area contributed by atoms with Gasteiger partial charge in [-0.2, -0.15) is 4.57 Å². The van der Waals surface area contributed by atoms with Gasteiger partial charge in [-0.15, -0.1) is 0 Å². The van der Waals surface area contributed by atoms with Crippen LogP contribution in [0.5, 0.6) is 0 Å². The summed E-state index contributed by atoms with van der Waals surface area (Å²) in [6.07, 6.45) is 1.88. The first-order chi connectivity index (χ1) is 24.8. The Hall–Kier alpha value is -6.85. The Bertz CT molecular complexity index is 2860. The first kappa shape index (κ1) is 28.2. The summed E-state index contributed by atoms with van der Waals surface area (Å²) in [6.45, 7) is 0. The van der Waals surface area contributed by atoms with Crippen LogP contribution in [0.2, 0.25) is 0 Å². The maximum atomic E-state index is 6.63. The summed E-state index contributed by atoms with van der Waals surface area (Å²) in [6, 6.07) is 59.0. The van der Waals surface area contributed by atoms with Crippen molar-refractivity contribution in [3.63, 3.8) is 0 Å². The predicted molar refractivity (Wildman–Crippen MR) is 201 cm³/mol. The Morgan fingerprint density at radius 2 is 1.18 bits per heavy atom. The van der Waals surface area contributed by atoms with Crippen LogP contribution >= 0.6 is 0 Å². The molecule has 0 saturated carbocycles. The Labute approximate surface area is 288 Å². The monoisotopic (exact) mass is 641 g/mol. The van der Waals surface area contributed by atoms with Gasteiger partial charge < -0.3 is 8.98 Å². The molecule has 0 aliphatic heterocycles. The van der Waals surface area contributed by atoms with Gasteiger partial charge in [-0.3, -0.25) is 0 Å². The van der Waals surface area contributed by atoms with Crippen molar-refractivity contribution >= 4 is 43.7 Å². The van der Waals surface area contributed by atoms with Gasteiger partial charge in [0, 0.05) is 27.9 Å². The maximum absolute atomic E-state index is 6.63. The minimum absolute atomic E-state index is 0.677. The standard InChI is InChI=1S/C45H29N4O/c1-4-13-30(14-5-1)33-23-26-39-37(27-33)35-19-10-11-20-38(35)49(39)34-24-25-36-42(28-34)50-41-22-12-21-40(43(36)41)48-29-46-44(31-15-6-2-7-16-31)47-45(48)32-17-8-3-9-18-32/h1-29H/q+1. The third-order valence-electron chi connectivity index (χ3n) is 9.56. The number of fused-ring (bicyclic) bond motifs is 6. The maximum Gasteiger partial charge on any atom is 0.307 e. The molecule has 7 aromatic carbocycles. The molecule has 0 fully saturated rings. The Morgan fingerprint density at radius 3 is 1.98 bits per heavy atom. The third-order valence-corrected chi connectivity index (χ3v) is 9.56. The first-order valence-electron chi connectivity index (χ1n) is 16.7. The van der Waals surface area contributed by atoms with E-state index in [1.807, 2.05) is 67.0 Å². The van der Waals surface area contributed by atoms with Gasteiger partial charge in [0.25, 0.3) is 5.82 Å². The number of benzene rings is 7. The van der Waals surface area contributed by atoms with Crippen molar-refractivity contribution in [2.75, 3.05) is 0 Å². The van der Waals surface area contributed by atoms with Crippen molar-refractivity contribution in [3.05, 3.63) is 176 Å². The average Bonchev–Trinajstić information content (AvgIpc) is 3.74. The van der Waals surface area contributed by atoms with Crippen LogP contribution in [0.25, 0.3) is 89.0 Å². The van der Waals surface area contributed by atoms with Gasteiger partial charge in [-0.1, -0.05) is 107 Å². The van der Waals surface area contributed by atoms with Gasteiger partial charge in [0.15, 0.2) is 0 Å². The summed E-state index contributed by atoms with van der Waals surface area (Å²) < 4.78 is 11.0. The molecule has 0 N–H and O–H groups in total. The van der Waals surface area contributed by atoms with Crippen LogP contribution in [-0.2, 0) is 0 Å². The van der Waals surface area contributed by atoms with Crippen LogP contribution in [0.4, 0.5) is 0 Å². The molecule has 0 aliphatic carbocycles. The fourth-order valence-corrected chi connectivity index (χ4v) is 7.24. The molecule has 0 unspecified atom stereocenters. The van der Waals surface area contributed by atoms with Gasteiger partial charge in [0.1, 0.15) is 16.9 Å². The summed E-state index contributed by atoms with van der Waals surface area (Å²) in [5.41, 5.74) is 10.3. The van der Waals surface area contributed by atoms with Crippen molar-refractivity contribution in [3.8, 4) is 45.3 Å². The molecule has 0 radical (unpaired) electrons. The summed E-state index contributed by atoms with van der Waals surface area (Å²) in [5.74, 6) is 1.48. The second-order valence-corrected chi connectivity index (χ2v) is 12.5. The van der Waals surface area contributed by atoms with Gasteiger partial charge >= 0.3 is 5.82 Å². The fourth-order valence-electron chi connectivity index (χ4n) is 7.24. The SMILES string of the molecule is c1ccc(-c2ccc3c(c2)c2ccccc2n3-c2ccc3c(c2)oc2cccc(-[n+]4cnc(-c5ccccc5)nc4-c4ccccc4)c23)cc1. The van der Waals surface area contributed by atoms with E-state index in [4.69, 9.17) is 14.4 Å². The Balaban J connectivity index is 1.16. The lowest BCUT2D eigenvalue weighted by Crippen LogP contribution is -2.35. The first-order valence-corrected chi connectivity index (χ1v) is 16.7. The molecular formula is C45H29N4O+. The predicted octanol–water partition coefficient (Wildman–Crippen LogP) is 10.8. The van der Waals surface area contributed by atoms with Gasteiger partial charge in [-0.05, 0) is 77.9 Å². The molecule has 0 atom stereocenters. The van der Waals surface area contributed by atoms with E-state index in [9.17, 15) is 0 Å². The van der Waals surface area contributed by atoms with E-state index < -0.39 is 0 Å². The highest BCUT2D eigenvalue weighted by molar-refractivity contribution is 6.12. The second-order valence-electron chi connectivity index (χ2n) is 12.5. The smallest absolute Gasteiger partial charge is 0.307 e. The Morgan fingerprint density at radius 1 is 0.480 bits per heavy atom. The lowest BCUT2D eigenvalue weighted by molar-refractivity contribution is -0.588. The molecule has 0 bridgehead atoms. The van der Waals surface area contributed by atoms with Crippen LogP contribution in [0, 0.1) is 0 Å². The van der Waals surface area contributed by atoms with E-state index >= 15 is 0 Å². The molecule has 10 aromatic rings. The van der Waals surface area contributed by atoms with Gasteiger partial charge in [-0.25, -0.2) is 0 Å². The number of rotatable bonds is 5. The van der Waals surface area contributed by atoms with E-state index in [0.717, 1.165) is 61.3 Å². The molecule has 0 saturated heterocycles. The molecule has 0 spiro atoms. The van der Waals surface area contributed by atoms with Crippen molar-refractivity contribution < 1.29 is 8.98 Å². The number of para-hydroxylation sites is 1. The lowest BCUT2D eigenvalue weighted by atomic mass is 10.0. The number of aromatic nitrogens is 4. The van der Waals surface area contributed by atoms with Crippen molar-refractivity contribution in [1.29, 1.82) is 0 Å². The largest absolute Gasteiger partial charge is 0.456 e. The van der Waals surface area contributed by atoms with Gasteiger partial charge in [0.2, 0.25) is 6.33 Å². The summed E-state index contributed by atoms with van der Waals surface area (Å²) in [5, 5.41) is 4.49. The van der Waals surface area contributed by atoms with E-state index in [1.165, 1.54) is 21.9 Å². The van der Waals surface area contributed by atoms with Crippen LogP contribution < -0.4 is 4.57 Å². The van der Waals surface area contributed by atoms with Crippen molar-refractivity contribution in [1.82, 2.24) is 14.5 Å². The summed E-state index contributed by atoms with van der Waals surface area (Å²) in [7, 11) is 0. The van der Waals surface area contributed by atoms with E-state index in [-0.39, 0.29) is 0 Å². The minimum atomic E-state index is 0.677. The topological polar surface area (TPSA) is 47.7 Å². The second kappa shape index (κ2) is 11.4. The molecule has 3 heterocycles.